The first-order valence-electron chi connectivity index (χ1n) is 9.16. The lowest BCUT2D eigenvalue weighted by Gasteiger charge is -2.15. The minimum atomic E-state index is -4.20. The fourth-order valence-electron chi connectivity index (χ4n) is 2.93. The van der Waals surface area contributed by atoms with Gasteiger partial charge in [0.2, 0.25) is 0 Å². The molecule has 0 saturated heterocycles. The Labute approximate surface area is 162 Å². The highest BCUT2D eigenvalue weighted by Crippen LogP contribution is 2.36. The van der Waals surface area contributed by atoms with Crippen molar-refractivity contribution >= 4 is 7.60 Å². The summed E-state index contributed by atoms with van der Waals surface area (Å²) in [5.41, 5.74) is 4.79. The van der Waals surface area contributed by atoms with Gasteiger partial charge in [0.1, 0.15) is 11.5 Å². The van der Waals surface area contributed by atoms with Crippen molar-refractivity contribution in [2.75, 3.05) is 6.35 Å². The zero-order valence-electron chi connectivity index (χ0n) is 17.0. The first-order chi connectivity index (χ1) is 12.6. The normalized spacial score (nSPS) is 11.1. The van der Waals surface area contributed by atoms with E-state index in [2.05, 4.69) is 0 Å². The highest BCUT2D eigenvalue weighted by molar-refractivity contribution is 7.51. The van der Waals surface area contributed by atoms with Gasteiger partial charge in [0.25, 0.3) is 0 Å². The first-order valence-corrected chi connectivity index (χ1v) is 11.0. The summed E-state index contributed by atoms with van der Waals surface area (Å²) >= 11 is 0. The molecule has 0 atom stereocenters. The molecule has 0 aromatic heterocycles. The smallest absolute Gasteiger partial charge is 0.362 e. The maximum absolute atomic E-state index is 11.0. The maximum atomic E-state index is 11.0. The second-order valence-electron chi connectivity index (χ2n) is 6.72. The van der Waals surface area contributed by atoms with E-state index in [4.69, 9.17) is 14.5 Å². The molecule has 0 saturated carbocycles. The van der Waals surface area contributed by atoms with Crippen LogP contribution in [-0.2, 0) is 11.0 Å². The van der Waals surface area contributed by atoms with Gasteiger partial charge < -0.3 is 19.6 Å². The van der Waals surface area contributed by atoms with Crippen molar-refractivity contribution in [1.29, 1.82) is 0 Å². The Balaban J connectivity index is 0.00000176. The molecule has 2 rings (SSSR count). The maximum Gasteiger partial charge on any atom is 0.362 e. The van der Waals surface area contributed by atoms with Crippen LogP contribution >= 0.6 is 7.60 Å². The molecule has 0 heterocycles. The summed E-state index contributed by atoms with van der Waals surface area (Å²) in [6.45, 7) is 11.8. The quantitative estimate of drug-likeness (QED) is 0.582. The lowest BCUT2D eigenvalue weighted by Crippen LogP contribution is -2.02. The van der Waals surface area contributed by atoms with Crippen molar-refractivity contribution in [2.24, 2.45) is 0 Å². The molecule has 0 radical (unpaired) electrons. The third kappa shape index (κ3) is 7.02. The van der Waals surface area contributed by atoms with E-state index in [1.807, 2.05) is 65.8 Å². The van der Waals surface area contributed by atoms with Crippen LogP contribution in [0.25, 0.3) is 0 Å². The number of benzene rings is 2. The molecule has 0 amide bonds. The number of aryl methyl sites for hydroxylation is 2. The van der Waals surface area contributed by atoms with Crippen LogP contribution < -0.4 is 4.74 Å². The van der Waals surface area contributed by atoms with E-state index in [1.54, 1.807) is 6.07 Å². The summed E-state index contributed by atoms with van der Waals surface area (Å²) in [7, 11) is -4.20. The summed E-state index contributed by atoms with van der Waals surface area (Å²) in [5.74, 6) is 1.07. The van der Waals surface area contributed by atoms with Gasteiger partial charge in [-0.05, 0) is 60.1 Å². The van der Waals surface area contributed by atoms with Crippen LogP contribution in [0.4, 0.5) is 0 Å². The van der Waals surface area contributed by atoms with Gasteiger partial charge in [-0.3, -0.25) is 4.57 Å². The number of ether oxygens (including phenoxy) is 1. The highest BCUT2D eigenvalue weighted by Gasteiger charge is 2.16. The van der Waals surface area contributed by atoms with Gasteiger partial charge in [0.05, 0.1) is 0 Å². The van der Waals surface area contributed by atoms with E-state index in [0.29, 0.717) is 17.9 Å². The van der Waals surface area contributed by atoms with Gasteiger partial charge in [0, 0.05) is 0 Å². The molecule has 0 fully saturated rings. The van der Waals surface area contributed by atoms with E-state index in [1.165, 1.54) is 0 Å². The Morgan fingerprint density at radius 3 is 2.04 bits per heavy atom. The van der Waals surface area contributed by atoms with Gasteiger partial charge in [-0.1, -0.05) is 52.0 Å². The van der Waals surface area contributed by atoms with Crippen LogP contribution in [0.2, 0.25) is 0 Å². The molecule has 0 spiro atoms. The molecule has 27 heavy (non-hydrogen) atoms. The fraction of sp³-hybridized carbons (Fsp3) is 0.429. The predicted octanol–water partition coefficient (Wildman–Crippen LogP) is 5.26. The molecule has 3 N–H and O–H groups in total. The zero-order chi connectivity index (χ0) is 20.8. The van der Waals surface area contributed by atoms with E-state index in [9.17, 15) is 9.67 Å². The van der Waals surface area contributed by atoms with Crippen molar-refractivity contribution in [1.82, 2.24) is 0 Å². The SMILES string of the molecule is CC.Cc1cc(Cc2ccc(O)c(C(C)C)c2)cc(C)c1OCP(=O)(O)O. The van der Waals surface area contributed by atoms with Crippen molar-refractivity contribution < 1.29 is 24.2 Å². The van der Waals surface area contributed by atoms with Crippen molar-refractivity contribution in [3.63, 3.8) is 0 Å². The molecule has 0 aliphatic rings. The molecule has 2 aromatic carbocycles. The van der Waals surface area contributed by atoms with Crippen LogP contribution in [0.5, 0.6) is 11.5 Å². The average molecular weight is 394 g/mol. The molecule has 0 unspecified atom stereocenters. The van der Waals surface area contributed by atoms with E-state index in [-0.39, 0.29) is 5.92 Å². The van der Waals surface area contributed by atoms with Gasteiger partial charge in [-0.25, -0.2) is 0 Å². The molecule has 2 aromatic rings. The number of hydrogen-bond donors (Lipinski definition) is 3. The summed E-state index contributed by atoms with van der Waals surface area (Å²) in [5, 5.41) is 9.94. The molecule has 0 bridgehead atoms. The Kier molecular flexibility index (Phi) is 8.55. The number of aromatic hydroxyl groups is 1. The minimum Gasteiger partial charge on any atom is -0.508 e. The molecule has 0 aliphatic heterocycles. The van der Waals surface area contributed by atoms with E-state index in [0.717, 1.165) is 27.8 Å². The molecule has 150 valence electrons. The molecule has 0 aliphatic carbocycles. The van der Waals surface area contributed by atoms with Crippen molar-refractivity contribution in [2.45, 2.75) is 53.9 Å². The third-order valence-corrected chi connectivity index (χ3v) is 4.48. The van der Waals surface area contributed by atoms with Gasteiger partial charge in [0.15, 0.2) is 6.35 Å². The molecule has 5 nitrogen and oxygen atoms in total. The minimum absolute atomic E-state index is 0.242. The Morgan fingerprint density at radius 1 is 1.00 bits per heavy atom. The van der Waals surface area contributed by atoms with Crippen molar-refractivity contribution in [3.05, 3.63) is 58.1 Å². The van der Waals surface area contributed by atoms with E-state index < -0.39 is 13.9 Å². The lowest BCUT2D eigenvalue weighted by molar-refractivity contribution is 0.298. The zero-order valence-corrected chi connectivity index (χ0v) is 17.9. The number of phenolic OH excluding ortho intramolecular Hbond substituents is 1. The monoisotopic (exact) mass is 394 g/mol. The second-order valence-corrected chi connectivity index (χ2v) is 8.31. The Hall–Kier alpha value is -1.81. The summed E-state index contributed by atoms with van der Waals surface area (Å²) in [4.78, 5) is 17.9. The van der Waals surface area contributed by atoms with Gasteiger partial charge >= 0.3 is 7.60 Å². The van der Waals surface area contributed by atoms with E-state index >= 15 is 0 Å². The summed E-state index contributed by atoms with van der Waals surface area (Å²) < 4.78 is 16.3. The Morgan fingerprint density at radius 2 is 1.56 bits per heavy atom. The van der Waals surface area contributed by atoms with Crippen molar-refractivity contribution in [3.8, 4) is 11.5 Å². The topological polar surface area (TPSA) is 87.0 Å². The molecular formula is C21H31O5P. The van der Waals surface area contributed by atoms with Crippen LogP contribution in [0.15, 0.2) is 30.3 Å². The standard InChI is InChI=1S/C19H25O5P.C2H6/c1-12(2)17-10-15(5-6-18(17)20)9-16-7-13(3)19(14(4)8-16)24-11-25(21,22)23;1-2/h5-8,10,12,20H,9,11H2,1-4H3,(H2,21,22,23);1-2H3. The first kappa shape index (κ1) is 23.2. The fourth-order valence-corrected chi connectivity index (χ4v) is 3.23. The van der Waals surface area contributed by atoms with Crippen LogP contribution in [0.3, 0.4) is 0 Å². The summed E-state index contributed by atoms with van der Waals surface area (Å²) in [6, 6.07) is 9.57. The summed E-state index contributed by atoms with van der Waals surface area (Å²) in [6.07, 6.45) is 0.0875. The number of hydrogen-bond acceptors (Lipinski definition) is 3. The Bertz CT molecular complexity index is 785. The molecule has 6 heteroatoms. The van der Waals surface area contributed by atoms with Crippen LogP contribution in [-0.4, -0.2) is 21.2 Å². The number of phenols is 1. The largest absolute Gasteiger partial charge is 0.508 e. The second kappa shape index (κ2) is 9.93. The highest BCUT2D eigenvalue weighted by atomic mass is 31.2. The average Bonchev–Trinajstić information content (AvgIpc) is 2.56. The van der Waals surface area contributed by atoms with Crippen LogP contribution in [0.1, 0.15) is 61.4 Å². The number of rotatable bonds is 6. The van der Waals surface area contributed by atoms with Gasteiger partial charge in [-0.15, -0.1) is 0 Å². The third-order valence-electron chi connectivity index (χ3n) is 4.02. The van der Waals surface area contributed by atoms with Gasteiger partial charge in [-0.2, -0.15) is 0 Å². The van der Waals surface area contributed by atoms with Crippen LogP contribution in [0, 0.1) is 13.8 Å². The lowest BCUT2D eigenvalue weighted by atomic mass is 9.95. The predicted molar refractivity (Wildman–Crippen MR) is 110 cm³/mol. The molecular weight excluding hydrogens is 363 g/mol.